The molecule has 2 aliphatic heterocycles. The van der Waals surface area contributed by atoms with E-state index in [0.29, 0.717) is 29.2 Å². The lowest BCUT2D eigenvalue weighted by atomic mass is 9.87. The molecule has 27 heavy (non-hydrogen) atoms. The number of rotatable bonds is 3. The van der Waals surface area contributed by atoms with Gasteiger partial charge in [-0.3, -0.25) is 4.79 Å². The summed E-state index contributed by atoms with van der Waals surface area (Å²) in [5, 5.41) is 34.7. The molecule has 142 valence electrons. The maximum Gasteiger partial charge on any atom is 0.246 e. The summed E-state index contributed by atoms with van der Waals surface area (Å²) in [5.74, 6) is 0.526. The van der Waals surface area contributed by atoms with Crippen LogP contribution in [0.15, 0.2) is 23.3 Å². The summed E-state index contributed by atoms with van der Waals surface area (Å²) in [6.45, 7) is 3.44. The Kier molecular flexibility index (Phi) is 4.09. The minimum absolute atomic E-state index is 0.103. The highest BCUT2D eigenvalue weighted by atomic mass is 16.5. The molecule has 1 saturated carbocycles. The average Bonchev–Trinajstić information content (AvgIpc) is 3.43. The molecular formula is C19H21N3O5. The van der Waals surface area contributed by atoms with E-state index in [4.69, 9.17) is 14.6 Å². The third-order valence-electron chi connectivity index (χ3n) is 5.28. The lowest BCUT2D eigenvalue weighted by molar-refractivity contribution is -0.135. The maximum absolute atomic E-state index is 12.2. The van der Waals surface area contributed by atoms with Crippen LogP contribution in [0.3, 0.4) is 0 Å². The van der Waals surface area contributed by atoms with Crippen LogP contribution in [0.1, 0.15) is 37.5 Å². The Labute approximate surface area is 156 Å². The first-order valence-corrected chi connectivity index (χ1v) is 8.94. The van der Waals surface area contributed by atoms with Crippen LogP contribution < -0.4 is 4.74 Å². The molecule has 0 unspecified atom stereocenters. The third kappa shape index (κ3) is 2.93. The summed E-state index contributed by atoms with van der Waals surface area (Å²) >= 11 is 0. The molecule has 1 aromatic carbocycles. The Hall–Kier alpha value is -2.63. The van der Waals surface area contributed by atoms with Crippen molar-refractivity contribution < 1.29 is 24.5 Å². The standard InChI is InChI=1S/C19H21N3O5/c1-19(2)16(24)15(13-7-10(9-20)3-4-14(13)27-19)26-17-11-8-12(11)18(25)22(21-17)5-6-23/h3-4,7,11-12,15-16,23-24H,5-6,8H2,1-2H3/t11-,12+,15+,16-/m0/s1. The summed E-state index contributed by atoms with van der Waals surface area (Å²) in [6, 6.07) is 7.07. The van der Waals surface area contributed by atoms with Crippen LogP contribution >= 0.6 is 0 Å². The highest BCUT2D eigenvalue weighted by Crippen LogP contribution is 2.48. The van der Waals surface area contributed by atoms with E-state index in [1.165, 1.54) is 5.01 Å². The molecule has 4 atom stereocenters. The summed E-state index contributed by atoms with van der Waals surface area (Å²) in [5.41, 5.74) is 0.112. The Morgan fingerprint density at radius 1 is 1.44 bits per heavy atom. The molecule has 1 fully saturated rings. The second-order valence-corrected chi connectivity index (χ2v) is 7.63. The molecule has 0 aromatic heterocycles. The SMILES string of the molecule is CC1(C)Oc2ccc(C#N)cc2[C@@H](OC2=NN(CCO)C(=O)[C@@H]3C[C@H]23)[C@@H]1O. The van der Waals surface area contributed by atoms with Crippen molar-refractivity contribution in [3.63, 3.8) is 0 Å². The number of nitriles is 1. The number of hydrogen-bond acceptors (Lipinski definition) is 7. The molecule has 0 spiro atoms. The highest BCUT2D eigenvalue weighted by Gasteiger charge is 2.54. The van der Waals surface area contributed by atoms with E-state index >= 15 is 0 Å². The Morgan fingerprint density at radius 2 is 2.22 bits per heavy atom. The van der Waals surface area contributed by atoms with E-state index in [-0.39, 0.29) is 30.9 Å². The number of carbonyl (C=O) groups excluding carboxylic acids is 1. The molecule has 0 saturated heterocycles. The zero-order chi connectivity index (χ0) is 19.3. The Balaban J connectivity index is 1.70. The smallest absolute Gasteiger partial charge is 0.246 e. The molecule has 4 rings (SSSR count). The molecule has 2 heterocycles. The lowest BCUT2D eigenvalue weighted by Crippen LogP contribution is -2.50. The predicted molar refractivity (Wildman–Crippen MR) is 93.5 cm³/mol. The van der Waals surface area contributed by atoms with E-state index < -0.39 is 17.8 Å². The average molecular weight is 371 g/mol. The van der Waals surface area contributed by atoms with Crippen LogP contribution in [-0.4, -0.2) is 51.9 Å². The summed E-state index contributed by atoms with van der Waals surface area (Å²) in [4.78, 5) is 12.2. The van der Waals surface area contributed by atoms with E-state index in [0.717, 1.165) is 0 Å². The van der Waals surface area contributed by atoms with Gasteiger partial charge in [-0.05, 0) is 38.5 Å². The molecular weight excluding hydrogens is 350 g/mol. The number of β-amino-alcohol motifs (C(OH)–C–C–N with tert-alkyl or cyclic N) is 1. The number of amides is 1. The van der Waals surface area contributed by atoms with Gasteiger partial charge < -0.3 is 19.7 Å². The first-order valence-electron chi connectivity index (χ1n) is 8.94. The molecule has 0 radical (unpaired) electrons. The summed E-state index contributed by atoms with van der Waals surface area (Å²) in [7, 11) is 0. The van der Waals surface area contributed by atoms with Crippen molar-refractivity contribution in [1.29, 1.82) is 5.26 Å². The number of hydrogen-bond donors (Lipinski definition) is 2. The lowest BCUT2D eigenvalue weighted by Gasteiger charge is -2.42. The Bertz CT molecular complexity index is 859. The van der Waals surface area contributed by atoms with E-state index in [1.54, 1.807) is 32.0 Å². The van der Waals surface area contributed by atoms with Crippen molar-refractivity contribution in [2.45, 2.75) is 38.1 Å². The molecule has 3 aliphatic rings. The first-order chi connectivity index (χ1) is 12.9. The van der Waals surface area contributed by atoms with Gasteiger partial charge in [0.2, 0.25) is 11.8 Å². The molecule has 8 nitrogen and oxygen atoms in total. The first kappa shape index (κ1) is 17.8. The number of aliphatic hydroxyl groups excluding tert-OH is 2. The highest BCUT2D eigenvalue weighted by molar-refractivity contribution is 5.96. The normalized spacial score (nSPS) is 30.4. The number of aliphatic hydroxyl groups is 2. The number of carbonyl (C=O) groups is 1. The van der Waals surface area contributed by atoms with Crippen LogP contribution in [-0.2, 0) is 9.53 Å². The Morgan fingerprint density at radius 3 is 2.93 bits per heavy atom. The van der Waals surface area contributed by atoms with Crippen molar-refractivity contribution in [3.8, 4) is 11.8 Å². The fraction of sp³-hybridized carbons (Fsp3) is 0.526. The van der Waals surface area contributed by atoms with Gasteiger partial charge in [0.15, 0.2) is 6.10 Å². The fourth-order valence-electron chi connectivity index (χ4n) is 3.61. The van der Waals surface area contributed by atoms with Gasteiger partial charge in [-0.1, -0.05) is 0 Å². The largest absolute Gasteiger partial charge is 0.485 e. The quantitative estimate of drug-likeness (QED) is 0.817. The number of benzene rings is 1. The monoisotopic (exact) mass is 371 g/mol. The molecule has 2 N–H and O–H groups in total. The zero-order valence-electron chi connectivity index (χ0n) is 15.1. The van der Waals surface area contributed by atoms with Gasteiger partial charge in [-0.2, -0.15) is 5.26 Å². The molecule has 1 amide bonds. The number of ether oxygens (including phenoxy) is 2. The van der Waals surface area contributed by atoms with Crippen molar-refractivity contribution in [2.24, 2.45) is 16.9 Å². The van der Waals surface area contributed by atoms with E-state index in [2.05, 4.69) is 11.2 Å². The van der Waals surface area contributed by atoms with E-state index in [1.807, 2.05) is 0 Å². The van der Waals surface area contributed by atoms with Crippen molar-refractivity contribution in [2.75, 3.05) is 13.2 Å². The van der Waals surface area contributed by atoms with E-state index in [9.17, 15) is 15.2 Å². The van der Waals surface area contributed by atoms with Gasteiger partial charge >= 0.3 is 0 Å². The second-order valence-electron chi connectivity index (χ2n) is 7.63. The summed E-state index contributed by atoms with van der Waals surface area (Å²) < 4.78 is 12.0. The maximum atomic E-state index is 12.2. The van der Waals surface area contributed by atoms with Gasteiger partial charge in [-0.15, -0.1) is 5.10 Å². The molecule has 8 heteroatoms. The number of hydrazone groups is 1. The van der Waals surface area contributed by atoms with Crippen LogP contribution in [0.25, 0.3) is 0 Å². The minimum Gasteiger partial charge on any atom is -0.485 e. The fourth-order valence-corrected chi connectivity index (χ4v) is 3.61. The topological polar surface area (TPSA) is 115 Å². The number of nitrogens with zero attached hydrogens (tertiary/aromatic N) is 3. The van der Waals surface area contributed by atoms with Gasteiger partial charge in [0.05, 0.1) is 30.7 Å². The number of fused-ring (bicyclic) bond motifs is 2. The van der Waals surface area contributed by atoms with Crippen molar-refractivity contribution in [1.82, 2.24) is 5.01 Å². The van der Waals surface area contributed by atoms with Gasteiger partial charge in [0, 0.05) is 11.5 Å². The molecule has 1 aliphatic carbocycles. The summed E-state index contributed by atoms with van der Waals surface area (Å²) in [6.07, 6.45) is -1.13. The van der Waals surface area contributed by atoms with Gasteiger partial charge in [-0.25, -0.2) is 5.01 Å². The van der Waals surface area contributed by atoms with Gasteiger partial charge in [0.1, 0.15) is 17.5 Å². The van der Waals surface area contributed by atoms with Crippen LogP contribution in [0, 0.1) is 23.2 Å². The van der Waals surface area contributed by atoms with Crippen LogP contribution in [0.4, 0.5) is 0 Å². The van der Waals surface area contributed by atoms with Crippen molar-refractivity contribution >= 4 is 11.8 Å². The predicted octanol–water partition coefficient (Wildman–Crippen LogP) is 0.932. The minimum atomic E-state index is -0.997. The molecule has 0 bridgehead atoms. The van der Waals surface area contributed by atoms with Crippen LogP contribution in [0.5, 0.6) is 5.75 Å². The molecule has 1 aromatic rings. The third-order valence-corrected chi connectivity index (χ3v) is 5.28. The van der Waals surface area contributed by atoms with Gasteiger partial charge in [0.25, 0.3) is 0 Å². The van der Waals surface area contributed by atoms with Crippen LogP contribution in [0.2, 0.25) is 0 Å². The zero-order valence-corrected chi connectivity index (χ0v) is 15.1. The van der Waals surface area contributed by atoms with Crippen molar-refractivity contribution in [3.05, 3.63) is 29.3 Å². The second kappa shape index (κ2) is 6.22.